The lowest BCUT2D eigenvalue weighted by atomic mass is 9.62. The van der Waals surface area contributed by atoms with Crippen LogP contribution in [0.2, 0.25) is 0 Å². The summed E-state index contributed by atoms with van der Waals surface area (Å²) < 4.78 is 0. The first-order chi connectivity index (χ1) is 8.03. The van der Waals surface area contributed by atoms with Gasteiger partial charge < -0.3 is 10.2 Å². The molecule has 108 valence electrons. The number of hydrogen-bond acceptors (Lipinski definition) is 2. The lowest BCUT2D eigenvalue weighted by Gasteiger charge is -2.49. The fourth-order valence-corrected chi connectivity index (χ4v) is 2.55. The second-order valence-corrected chi connectivity index (χ2v) is 7.17. The zero-order valence-electron chi connectivity index (χ0n) is 13.1. The van der Waals surface area contributed by atoms with Crippen LogP contribution >= 0.6 is 0 Å². The van der Waals surface area contributed by atoms with Crippen LogP contribution in [0.15, 0.2) is 12.7 Å². The Balaban J connectivity index is 5.35. The maximum Gasteiger partial charge on any atom is 0.0964 e. The summed E-state index contributed by atoms with van der Waals surface area (Å²) in [6, 6.07) is 0. The van der Waals surface area contributed by atoms with Crippen molar-refractivity contribution in [2.75, 3.05) is 0 Å². The summed E-state index contributed by atoms with van der Waals surface area (Å²) in [4.78, 5) is 0. The van der Waals surface area contributed by atoms with Crippen molar-refractivity contribution in [3.05, 3.63) is 12.7 Å². The number of allylic oxidation sites excluding steroid dienone is 1. The number of rotatable bonds is 7. The molecule has 0 bridgehead atoms. The summed E-state index contributed by atoms with van der Waals surface area (Å²) in [5.41, 5.74) is -1.78. The van der Waals surface area contributed by atoms with Gasteiger partial charge in [-0.3, -0.25) is 0 Å². The predicted octanol–water partition coefficient (Wildman–Crippen LogP) is 3.92. The van der Waals surface area contributed by atoms with Gasteiger partial charge in [-0.1, -0.05) is 60.5 Å². The van der Waals surface area contributed by atoms with Gasteiger partial charge in [0.15, 0.2) is 0 Å². The van der Waals surface area contributed by atoms with Gasteiger partial charge in [-0.25, -0.2) is 0 Å². The Morgan fingerprint density at radius 3 is 2.00 bits per heavy atom. The van der Waals surface area contributed by atoms with Crippen LogP contribution < -0.4 is 0 Å². The Hall–Kier alpha value is -0.340. The third-order valence-electron chi connectivity index (χ3n) is 4.01. The van der Waals surface area contributed by atoms with Gasteiger partial charge in [0.2, 0.25) is 0 Å². The molecule has 0 aromatic carbocycles. The average Bonchev–Trinajstić information content (AvgIpc) is 2.23. The van der Waals surface area contributed by atoms with E-state index < -0.39 is 11.7 Å². The molecular formula is C16H32O2. The van der Waals surface area contributed by atoms with Crippen molar-refractivity contribution in [1.29, 1.82) is 0 Å². The molecule has 0 radical (unpaired) electrons. The van der Waals surface area contributed by atoms with Crippen molar-refractivity contribution < 1.29 is 10.2 Å². The molecule has 0 unspecified atom stereocenters. The standard InChI is InChI=1S/C16H32O2/c1-8-10-12-16(18,13(17)14(3,4)5)15(6,7)11-9-2/h9,13,17-18H,2,8,10-12H2,1,3-7H3/t13-,16+/m0/s1. The molecule has 0 rings (SSSR count). The van der Waals surface area contributed by atoms with Crippen molar-refractivity contribution in [1.82, 2.24) is 0 Å². The van der Waals surface area contributed by atoms with E-state index in [1.165, 1.54) is 0 Å². The Labute approximate surface area is 113 Å². The van der Waals surface area contributed by atoms with Crippen molar-refractivity contribution in [3.63, 3.8) is 0 Å². The zero-order valence-corrected chi connectivity index (χ0v) is 13.1. The number of aliphatic hydroxyl groups is 2. The predicted molar refractivity (Wildman–Crippen MR) is 78.5 cm³/mol. The molecule has 2 atom stereocenters. The lowest BCUT2D eigenvalue weighted by Crippen LogP contribution is -2.58. The van der Waals surface area contributed by atoms with E-state index in [9.17, 15) is 10.2 Å². The zero-order chi connectivity index (χ0) is 14.6. The molecule has 2 N–H and O–H groups in total. The van der Waals surface area contributed by atoms with E-state index in [4.69, 9.17) is 0 Å². The van der Waals surface area contributed by atoms with Gasteiger partial charge in [0, 0.05) is 0 Å². The topological polar surface area (TPSA) is 40.5 Å². The summed E-state index contributed by atoms with van der Waals surface area (Å²) in [6.07, 6.45) is 4.34. The summed E-state index contributed by atoms with van der Waals surface area (Å²) in [5, 5.41) is 21.7. The van der Waals surface area contributed by atoms with Crippen molar-refractivity contribution >= 4 is 0 Å². The highest BCUT2D eigenvalue weighted by molar-refractivity contribution is 5.04. The van der Waals surface area contributed by atoms with Gasteiger partial charge >= 0.3 is 0 Å². The van der Waals surface area contributed by atoms with E-state index in [0.29, 0.717) is 12.8 Å². The van der Waals surface area contributed by atoms with Crippen LogP contribution in [0.25, 0.3) is 0 Å². The van der Waals surface area contributed by atoms with Gasteiger partial charge in [0.05, 0.1) is 11.7 Å². The van der Waals surface area contributed by atoms with Crippen LogP contribution in [0.5, 0.6) is 0 Å². The molecular weight excluding hydrogens is 224 g/mol. The quantitative estimate of drug-likeness (QED) is 0.678. The van der Waals surface area contributed by atoms with Crippen LogP contribution in [0.1, 0.15) is 67.2 Å². The fraction of sp³-hybridized carbons (Fsp3) is 0.875. The molecule has 0 aliphatic heterocycles. The van der Waals surface area contributed by atoms with Crippen LogP contribution in [0.4, 0.5) is 0 Å². The van der Waals surface area contributed by atoms with Crippen LogP contribution in [0, 0.1) is 10.8 Å². The van der Waals surface area contributed by atoms with Crippen LogP contribution in [0.3, 0.4) is 0 Å². The Morgan fingerprint density at radius 1 is 1.17 bits per heavy atom. The number of unbranched alkanes of at least 4 members (excludes halogenated alkanes) is 1. The first-order valence-corrected chi connectivity index (χ1v) is 7.04. The van der Waals surface area contributed by atoms with Crippen LogP contribution in [-0.4, -0.2) is 21.9 Å². The number of aliphatic hydroxyl groups excluding tert-OH is 1. The summed E-state index contributed by atoms with van der Waals surface area (Å²) in [7, 11) is 0. The summed E-state index contributed by atoms with van der Waals surface area (Å²) in [5.74, 6) is 0. The molecule has 0 fully saturated rings. The first-order valence-electron chi connectivity index (χ1n) is 7.04. The van der Waals surface area contributed by atoms with E-state index in [2.05, 4.69) is 13.5 Å². The van der Waals surface area contributed by atoms with Crippen molar-refractivity contribution in [2.45, 2.75) is 78.9 Å². The largest absolute Gasteiger partial charge is 0.390 e. The molecule has 0 spiro atoms. The van der Waals surface area contributed by atoms with Gasteiger partial charge in [0.25, 0.3) is 0 Å². The minimum Gasteiger partial charge on any atom is -0.390 e. The monoisotopic (exact) mass is 256 g/mol. The van der Waals surface area contributed by atoms with Crippen molar-refractivity contribution in [3.8, 4) is 0 Å². The molecule has 18 heavy (non-hydrogen) atoms. The van der Waals surface area contributed by atoms with E-state index in [1.807, 2.05) is 40.7 Å². The number of hydrogen-bond donors (Lipinski definition) is 2. The van der Waals surface area contributed by atoms with Crippen molar-refractivity contribution in [2.24, 2.45) is 10.8 Å². The maximum atomic E-state index is 11.1. The van der Waals surface area contributed by atoms with Gasteiger partial charge in [0.1, 0.15) is 0 Å². The normalized spacial score (nSPS) is 18.2. The van der Waals surface area contributed by atoms with Gasteiger partial charge in [-0.2, -0.15) is 0 Å². The smallest absolute Gasteiger partial charge is 0.0964 e. The molecule has 2 heteroatoms. The molecule has 0 aromatic rings. The summed E-state index contributed by atoms with van der Waals surface area (Å²) in [6.45, 7) is 15.8. The maximum absolute atomic E-state index is 11.1. The third kappa shape index (κ3) is 3.83. The Bertz CT molecular complexity index is 263. The van der Waals surface area contributed by atoms with Crippen LogP contribution in [-0.2, 0) is 0 Å². The molecule has 2 nitrogen and oxygen atoms in total. The molecule has 0 saturated heterocycles. The first kappa shape index (κ1) is 17.7. The highest BCUT2D eigenvalue weighted by Gasteiger charge is 2.51. The van der Waals surface area contributed by atoms with E-state index in [1.54, 1.807) is 0 Å². The molecule has 0 aliphatic rings. The Morgan fingerprint density at radius 2 is 1.67 bits per heavy atom. The molecule has 0 aromatic heterocycles. The van der Waals surface area contributed by atoms with E-state index >= 15 is 0 Å². The molecule has 0 heterocycles. The highest BCUT2D eigenvalue weighted by atomic mass is 16.3. The third-order valence-corrected chi connectivity index (χ3v) is 4.01. The molecule has 0 aliphatic carbocycles. The lowest BCUT2D eigenvalue weighted by molar-refractivity contribution is -0.184. The highest BCUT2D eigenvalue weighted by Crippen LogP contribution is 2.45. The average molecular weight is 256 g/mol. The second-order valence-electron chi connectivity index (χ2n) is 7.17. The summed E-state index contributed by atoms with van der Waals surface area (Å²) >= 11 is 0. The Kier molecular flexibility index (Phi) is 6.09. The molecule has 0 amide bonds. The minimum atomic E-state index is -1.07. The minimum absolute atomic E-state index is 0.332. The SMILES string of the molecule is C=CCC(C)(C)[C@@](O)(CCCC)[C@@H](O)C(C)(C)C. The second kappa shape index (κ2) is 6.21. The van der Waals surface area contributed by atoms with Gasteiger partial charge in [-0.05, 0) is 23.7 Å². The van der Waals surface area contributed by atoms with Gasteiger partial charge in [-0.15, -0.1) is 6.58 Å². The van der Waals surface area contributed by atoms with E-state index in [0.717, 1.165) is 12.8 Å². The van der Waals surface area contributed by atoms with E-state index in [-0.39, 0.29) is 10.8 Å². The molecule has 0 saturated carbocycles. The fourth-order valence-electron chi connectivity index (χ4n) is 2.55.